The van der Waals surface area contributed by atoms with Gasteiger partial charge in [-0.25, -0.2) is 36.4 Å². The molecule has 3 radical (unpaired) electrons. The standard InChI is InChI=1S/2C7H7.3C5H5.Co.2Rh/c2*1-7-5-3-2-4-6-7;3*1-2-4-5-3-1;;;/h2*2-6H,1H2;3*1-5H;;;/q5*-1;;;. The van der Waals surface area contributed by atoms with E-state index >= 15 is 0 Å². The molecule has 0 atom stereocenters. The molecular formula is C29H29CoRh2-5. The minimum Gasteiger partial charge on any atom is -0.214 e. The Morgan fingerprint density at radius 1 is 0.375 bits per heavy atom. The fourth-order valence-electron chi connectivity index (χ4n) is 1.92. The Bertz CT molecular complexity index is 700. The average molecular weight is 642 g/mol. The fourth-order valence-corrected chi connectivity index (χ4v) is 1.92. The van der Waals surface area contributed by atoms with E-state index in [0.29, 0.717) is 0 Å². The summed E-state index contributed by atoms with van der Waals surface area (Å²) in [6, 6.07) is 49.7. The van der Waals surface area contributed by atoms with Gasteiger partial charge in [0.2, 0.25) is 0 Å². The zero-order chi connectivity index (χ0) is 20.8. The third kappa shape index (κ3) is 24.3. The van der Waals surface area contributed by atoms with Crippen LogP contribution in [0, 0.1) is 13.8 Å². The van der Waals surface area contributed by atoms with Crippen molar-refractivity contribution < 1.29 is 55.7 Å². The summed E-state index contributed by atoms with van der Waals surface area (Å²) < 4.78 is 0. The van der Waals surface area contributed by atoms with Crippen LogP contribution >= 0.6 is 0 Å². The van der Waals surface area contributed by atoms with Crippen molar-refractivity contribution in [2.75, 3.05) is 0 Å². The first kappa shape index (κ1) is 34.6. The van der Waals surface area contributed by atoms with E-state index in [0.717, 1.165) is 11.1 Å². The first-order chi connectivity index (χ1) is 14.3. The summed E-state index contributed by atoms with van der Waals surface area (Å²) in [5.41, 5.74) is 2.14. The van der Waals surface area contributed by atoms with Crippen molar-refractivity contribution in [1.82, 2.24) is 0 Å². The van der Waals surface area contributed by atoms with Gasteiger partial charge in [-0.15, -0.1) is 24.3 Å². The van der Waals surface area contributed by atoms with Gasteiger partial charge in [0, 0.05) is 55.7 Å². The molecule has 3 heteroatoms. The Morgan fingerprint density at radius 2 is 0.594 bits per heavy atom. The van der Waals surface area contributed by atoms with E-state index in [-0.39, 0.29) is 55.7 Å². The summed E-state index contributed by atoms with van der Waals surface area (Å²) in [4.78, 5) is 0. The molecule has 5 rings (SSSR count). The van der Waals surface area contributed by atoms with Crippen LogP contribution in [0.15, 0.2) is 152 Å². The number of hydrogen-bond donors (Lipinski definition) is 0. The summed E-state index contributed by atoms with van der Waals surface area (Å²) in [5.74, 6) is 0. The van der Waals surface area contributed by atoms with E-state index in [1.54, 1.807) is 0 Å². The van der Waals surface area contributed by atoms with Crippen LogP contribution in [0.3, 0.4) is 0 Å². The van der Waals surface area contributed by atoms with Crippen LogP contribution in [0.2, 0.25) is 0 Å². The number of rotatable bonds is 0. The van der Waals surface area contributed by atoms with Gasteiger partial charge < -0.3 is 0 Å². The van der Waals surface area contributed by atoms with Crippen molar-refractivity contribution in [3.63, 3.8) is 0 Å². The first-order valence-electron chi connectivity index (χ1n) is 9.53. The molecule has 5 aromatic rings. The van der Waals surface area contributed by atoms with Crippen LogP contribution in [0.25, 0.3) is 0 Å². The van der Waals surface area contributed by atoms with Gasteiger partial charge in [-0.05, 0) is 0 Å². The SMILES string of the molecule is [CH2-]c1ccccc1.[CH2-]c1ccccc1.[Co].[Rh].[Rh].c1cc[cH-]c1.c1cc[cH-]c1.c1cc[cH-]c1. The van der Waals surface area contributed by atoms with Gasteiger partial charge in [-0.1, -0.05) is 12.1 Å². The molecule has 0 aliphatic heterocycles. The molecule has 0 saturated heterocycles. The van der Waals surface area contributed by atoms with Crippen LogP contribution in [-0.4, -0.2) is 0 Å². The second kappa shape index (κ2) is 27.0. The van der Waals surface area contributed by atoms with Gasteiger partial charge >= 0.3 is 0 Å². The fraction of sp³-hybridized carbons (Fsp3) is 0. The van der Waals surface area contributed by atoms with E-state index in [9.17, 15) is 0 Å². The Morgan fingerprint density at radius 3 is 0.688 bits per heavy atom. The number of benzene rings is 2. The molecule has 32 heavy (non-hydrogen) atoms. The molecule has 0 amide bonds. The molecule has 0 heterocycles. The average Bonchev–Trinajstić information content (AvgIpc) is 3.58. The molecule has 0 N–H and O–H groups in total. The molecule has 0 bridgehead atoms. The zero-order valence-corrected chi connectivity index (χ0v) is 22.2. The molecule has 177 valence electrons. The van der Waals surface area contributed by atoms with E-state index < -0.39 is 0 Å². The van der Waals surface area contributed by atoms with Crippen LogP contribution in [0.4, 0.5) is 0 Å². The van der Waals surface area contributed by atoms with Gasteiger partial charge in [0.1, 0.15) is 0 Å². The smallest absolute Gasteiger partial charge is 0 e. The second-order valence-electron chi connectivity index (χ2n) is 5.86. The molecule has 0 nitrogen and oxygen atoms in total. The van der Waals surface area contributed by atoms with Crippen molar-refractivity contribution in [1.29, 1.82) is 0 Å². The molecular weight excluding hydrogens is 613 g/mol. The van der Waals surface area contributed by atoms with Crippen molar-refractivity contribution >= 4 is 0 Å². The van der Waals surface area contributed by atoms with Gasteiger partial charge in [0.25, 0.3) is 0 Å². The maximum absolute atomic E-state index is 3.72. The van der Waals surface area contributed by atoms with E-state index in [2.05, 4.69) is 13.8 Å². The van der Waals surface area contributed by atoms with Crippen LogP contribution in [0.1, 0.15) is 11.1 Å². The van der Waals surface area contributed by atoms with E-state index in [1.165, 1.54) is 0 Å². The minimum absolute atomic E-state index is 0. The third-order valence-corrected chi connectivity index (χ3v) is 3.35. The minimum atomic E-state index is 0. The topological polar surface area (TPSA) is 0 Å². The normalized spacial score (nSPS) is 7.50. The summed E-state index contributed by atoms with van der Waals surface area (Å²) >= 11 is 0. The maximum Gasteiger partial charge on any atom is 0 e. The zero-order valence-electron chi connectivity index (χ0n) is 17.8. The molecule has 0 saturated carbocycles. The van der Waals surface area contributed by atoms with Gasteiger partial charge in [-0.3, -0.25) is 0 Å². The molecule has 0 aromatic heterocycles. The largest absolute Gasteiger partial charge is 0.214 e. The molecule has 0 aliphatic carbocycles. The Labute approximate surface area is 230 Å². The Balaban J connectivity index is -0.000000324. The monoisotopic (exact) mass is 642 g/mol. The molecule has 0 spiro atoms. The van der Waals surface area contributed by atoms with E-state index in [4.69, 9.17) is 0 Å². The Kier molecular flexibility index (Phi) is 29.2. The van der Waals surface area contributed by atoms with Crippen molar-refractivity contribution in [3.05, 3.63) is 177 Å². The predicted octanol–water partition coefficient (Wildman–Crippen LogP) is 7.95. The van der Waals surface area contributed by atoms with Crippen LogP contribution in [-0.2, 0) is 55.7 Å². The van der Waals surface area contributed by atoms with Crippen molar-refractivity contribution in [2.45, 2.75) is 0 Å². The molecule has 0 aliphatic rings. The summed E-state index contributed by atoms with van der Waals surface area (Å²) in [7, 11) is 0. The quantitative estimate of drug-likeness (QED) is 0.119. The van der Waals surface area contributed by atoms with Gasteiger partial charge in [-0.2, -0.15) is 104 Å². The predicted molar refractivity (Wildman–Crippen MR) is 128 cm³/mol. The van der Waals surface area contributed by atoms with Crippen molar-refractivity contribution in [2.24, 2.45) is 0 Å². The molecule has 0 fully saturated rings. The van der Waals surface area contributed by atoms with Crippen LogP contribution in [0.5, 0.6) is 0 Å². The Hall–Kier alpha value is -2.02. The van der Waals surface area contributed by atoms with Gasteiger partial charge in [0.15, 0.2) is 0 Å². The number of hydrogen-bond acceptors (Lipinski definition) is 0. The third-order valence-electron chi connectivity index (χ3n) is 3.35. The maximum atomic E-state index is 3.72. The van der Waals surface area contributed by atoms with Crippen LogP contribution < -0.4 is 0 Å². The second-order valence-corrected chi connectivity index (χ2v) is 5.86. The molecule has 0 unspecified atom stereocenters. The summed E-state index contributed by atoms with van der Waals surface area (Å²) in [6.45, 7) is 7.44. The van der Waals surface area contributed by atoms with Crippen molar-refractivity contribution in [3.8, 4) is 0 Å². The summed E-state index contributed by atoms with van der Waals surface area (Å²) in [5, 5.41) is 0. The first-order valence-corrected chi connectivity index (χ1v) is 9.53. The summed E-state index contributed by atoms with van der Waals surface area (Å²) in [6.07, 6.45) is 0. The van der Waals surface area contributed by atoms with E-state index in [1.807, 2.05) is 152 Å². The molecule has 5 aromatic carbocycles. The van der Waals surface area contributed by atoms with Gasteiger partial charge in [0.05, 0.1) is 0 Å².